The van der Waals surface area contributed by atoms with Gasteiger partial charge in [0.15, 0.2) is 11.6 Å². The Morgan fingerprint density at radius 1 is 1.37 bits per heavy atom. The van der Waals surface area contributed by atoms with Crippen molar-refractivity contribution in [1.82, 2.24) is 5.32 Å². The molecule has 0 saturated heterocycles. The fourth-order valence-electron chi connectivity index (χ4n) is 1.55. The molecule has 1 amide bonds. The summed E-state index contributed by atoms with van der Waals surface area (Å²) in [4.78, 5) is 11.9. The van der Waals surface area contributed by atoms with Crippen LogP contribution in [0.25, 0.3) is 0 Å². The molecule has 0 aliphatic rings. The summed E-state index contributed by atoms with van der Waals surface area (Å²) >= 11 is 0. The van der Waals surface area contributed by atoms with Crippen LogP contribution in [-0.2, 0) is 4.79 Å². The summed E-state index contributed by atoms with van der Waals surface area (Å²) < 4.78 is 18.3. The van der Waals surface area contributed by atoms with Crippen molar-refractivity contribution in [1.29, 1.82) is 0 Å². The van der Waals surface area contributed by atoms with E-state index in [1.807, 2.05) is 20.8 Å². The van der Waals surface area contributed by atoms with Gasteiger partial charge in [0, 0.05) is 17.3 Å². The van der Waals surface area contributed by atoms with Gasteiger partial charge in [0.05, 0.1) is 7.11 Å². The Balaban J connectivity index is 2.69. The van der Waals surface area contributed by atoms with Crippen LogP contribution < -0.4 is 15.4 Å². The van der Waals surface area contributed by atoms with Gasteiger partial charge in [-0.05, 0) is 39.8 Å². The topological polar surface area (TPSA) is 50.4 Å². The Hall–Kier alpha value is -1.78. The summed E-state index contributed by atoms with van der Waals surface area (Å²) in [5.74, 6) is -0.419. The van der Waals surface area contributed by atoms with Crippen LogP contribution in [0, 0.1) is 5.82 Å². The minimum atomic E-state index is -0.462. The van der Waals surface area contributed by atoms with E-state index in [2.05, 4.69) is 10.6 Å². The summed E-state index contributed by atoms with van der Waals surface area (Å²) in [6.45, 7) is 7.45. The standard InChI is InChI=1S/C14H21FN2O2/c1-9(13(18)17-14(2,3)4)16-10-6-7-12(19-5)11(15)8-10/h6-9,16H,1-5H3,(H,17,18). The quantitative estimate of drug-likeness (QED) is 0.882. The Bertz CT molecular complexity index is 455. The van der Waals surface area contributed by atoms with E-state index in [9.17, 15) is 9.18 Å². The van der Waals surface area contributed by atoms with Gasteiger partial charge < -0.3 is 15.4 Å². The van der Waals surface area contributed by atoms with Gasteiger partial charge in [-0.2, -0.15) is 0 Å². The number of ether oxygens (including phenoxy) is 1. The molecule has 0 saturated carbocycles. The molecular weight excluding hydrogens is 247 g/mol. The molecule has 2 N–H and O–H groups in total. The molecule has 0 aliphatic carbocycles. The monoisotopic (exact) mass is 268 g/mol. The molecule has 1 aromatic rings. The van der Waals surface area contributed by atoms with Crippen molar-refractivity contribution in [2.45, 2.75) is 39.3 Å². The Morgan fingerprint density at radius 3 is 2.47 bits per heavy atom. The van der Waals surface area contributed by atoms with Gasteiger partial charge in [-0.1, -0.05) is 0 Å². The van der Waals surface area contributed by atoms with Crippen molar-refractivity contribution in [2.24, 2.45) is 0 Å². The summed E-state index contributed by atoms with van der Waals surface area (Å²) in [6.07, 6.45) is 0. The first-order valence-corrected chi connectivity index (χ1v) is 6.15. The first kappa shape index (κ1) is 15.3. The van der Waals surface area contributed by atoms with Crippen molar-refractivity contribution in [3.05, 3.63) is 24.0 Å². The van der Waals surface area contributed by atoms with Crippen LogP contribution in [0.4, 0.5) is 10.1 Å². The molecule has 4 nitrogen and oxygen atoms in total. The molecule has 0 aromatic heterocycles. The Kier molecular flexibility index (Phi) is 4.75. The molecule has 0 fully saturated rings. The summed E-state index contributed by atoms with van der Waals surface area (Å²) in [5.41, 5.74) is 0.243. The van der Waals surface area contributed by atoms with Gasteiger partial charge in [-0.15, -0.1) is 0 Å². The van der Waals surface area contributed by atoms with Crippen molar-refractivity contribution in [3.63, 3.8) is 0 Å². The average Bonchev–Trinajstić information content (AvgIpc) is 2.27. The van der Waals surface area contributed by atoms with Crippen molar-refractivity contribution in [2.75, 3.05) is 12.4 Å². The van der Waals surface area contributed by atoms with Crippen LogP contribution in [0.3, 0.4) is 0 Å². The van der Waals surface area contributed by atoms with Gasteiger partial charge in [0.1, 0.15) is 6.04 Å². The van der Waals surface area contributed by atoms with Crippen LogP contribution in [0.1, 0.15) is 27.7 Å². The maximum Gasteiger partial charge on any atom is 0.242 e. The van der Waals surface area contributed by atoms with Crippen molar-refractivity contribution < 1.29 is 13.9 Å². The van der Waals surface area contributed by atoms with E-state index in [0.717, 1.165) is 0 Å². The molecule has 19 heavy (non-hydrogen) atoms. The van der Waals surface area contributed by atoms with Crippen LogP contribution in [0.15, 0.2) is 18.2 Å². The number of rotatable bonds is 4. The van der Waals surface area contributed by atoms with Crippen molar-refractivity contribution in [3.8, 4) is 5.75 Å². The fraction of sp³-hybridized carbons (Fsp3) is 0.500. The largest absolute Gasteiger partial charge is 0.494 e. The second-order valence-electron chi connectivity index (χ2n) is 5.45. The summed E-state index contributed by atoms with van der Waals surface area (Å²) in [5, 5.41) is 5.81. The molecule has 0 radical (unpaired) electrons. The molecular formula is C14H21FN2O2. The number of hydrogen-bond acceptors (Lipinski definition) is 3. The first-order chi connectivity index (χ1) is 8.73. The number of amides is 1. The highest BCUT2D eigenvalue weighted by Crippen LogP contribution is 2.21. The SMILES string of the molecule is COc1ccc(NC(C)C(=O)NC(C)(C)C)cc1F. The fourth-order valence-corrected chi connectivity index (χ4v) is 1.55. The summed E-state index contributed by atoms with van der Waals surface area (Å²) in [6, 6.07) is 4.04. The molecule has 5 heteroatoms. The highest BCUT2D eigenvalue weighted by molar-refractivity contribution is 5.84. The molecule has 0 spiro atoms. The molecule has 0 bridgehead atoms. The molecule has 1 unspecified atom stereocenters. The molecule has 1 rings (SSSR count). The van der Waals surface area contributed by atoms with Gasteiger partial charge in [0.2, 0.25) is 5.91 Å². The van der Waals surface area contributed by atoms with E-state index in [4.69, 9.17) is 4.74 Å². The third kappa shape index (κ3) is 4.77. The molecule has 1 atom stereocenters. The average molecular weight is 268 g/mol. The predicted octanol–water partition coefficient (Wildman–Crippen LogP) is 2.55. The lowest BCUT2D eigenvalue weighted by atomic mass is 10.1. The van der Waals surface area contributed by atoms with E-state index < -0.39 is 11.9 Å². The zero-order valence-electron chi connectivity index (χ0n) is 12.0. The van der Waals surface area contributed by atoms with Gasteiger partial charge in [-0.3, -0.25) is 4.79 Å². The Labute approximate surface area is 113 Å². The number of benzene rings is 1. The molecule has 0 aliphatic heterocycles. The maximum atomic E-state index is 13.5. The number of anilines is 1. The second kappa shape index (κ2) is 5.91. The second-order valence-corrected chi connectivity index (χ2v) is 5.45. The zero-order valence-corrected chi connectivity index (χ0v) is 12.0. The lowest BCUT2D eigenvalue weighted by Gasteiger charge is -2.24. The highest BCUT2D eigenvalue weighted by atomic mass is 19.1. The van der Waals surface area contributed by atoms with Crippen LogP contribution >= 0.6 is 0 Å². The van der Waals surface area contributed by atoms with Gasteiger partial charge >= 0.3 is 0 Å². The smallest absolute Gasteiger partial charge is 0.242 e. The minimum absolute atomic E-state index is 0.135. The molecule has 0 heterocycles. The lowest BCUT2D eigenvalue weighted by Crippen LogP contribution is -2.47. The van der Waals surface area contributed by atoms with Crippen LogP contribution in [0.2, 0.25) is 0 Å². The number of carbonyl (C=O) groups excluding carboxylic acids is 1. The van der Waals surface area contributed by atoms with Crippen molar-refractivity contribution >= 4 is 11.6 Å². The normalized spacial score (nSPS) is 12.7. The maximum absolute atomic E-state index is 13.5. The van der Waals surface area contributed by atoms with Gasteiger partial charge in [0.25, 0.3) is 0 Å². The Morgan fingerprint density at radius 2 is 2.00 bits per heavy atom. The van der Waals surface area contributed by atoms with E-state index in [0.29, 0.717) is 5.69 Å². The van der Waals surface area contributed by atoms with E-state index in [-0.39, 0.29) is 17.2 Å². The third-order valence-corrected chi connectivity index (χ3v) is 2.43. The zero-order chi connectivity index (χ0) is 14.6. The number of nitrogens with one attached hydrogen (secondary N) is 2. The molecule has 106 valence electrons. The number of carbonyl (C=O) groups is 1. The number of methoxy groups -OCH3 is 1. The predicted molar refractivity (Wildman–Crippen MR) is 73.9 cm³/mol. The third-order valence-electron chi connectivity index (χ3n) is 2.43. The van der Waals surface area contributed by atoms with E-state index in [1.54, 1.807) is 13.0 Å². The van der Waals surface area contributed by atoms with Crippen LogP contribution in [-0.4, -0.2) is 24.6 Å². The number of hydrogen-bond donors (Lipinski definition) is 2. The first-order valence-electron chi connectivity index (χ1n) is 6.15. The number of halogens is 1. The van der Waals surface area contributed by atoms with E-state index in [1.165, 1.54) is 19.2 Å². The van der Waals surface area contributed by atoms with Gasteiger partial charge in [-0.25, -0.2) is 4.39 Å². The van der Waals surface area contributed by atoms with Crippen LogP contribution in [0.5, 0.6) is 5.75 Å². The lowest BCUT2D eigenvalue weighted by molar-refractivity contribution is -0.122. The highest BCUT2D eigenvalue weighted by Gasteiger charge is 2.19. The van der Waals surface area contributed by atoms with E-state index >= 15 is 0 Å². The summed E-state index contributed by atoms with van der Waals surface area (Å²) in [7, 11) is 1.41. The minimum Gasteiger partial charge on any atom is -0.494 e. The molecule has 1 aromatic carbocycles.